The highest BCUT2D eigenvalue weighted by molar-refractivity contribution is 5.39. The first-order valence-corrected chi connectivity index (χ1v) is 11.4. The summed E-state index contributed by atoms with van der Waals surface area (Å²) in [7, 11) is 0. The summed E-state index contributed by atoms with van der Waals surface area (Å²) >= 11 is 0. The molecule has 1 saturated heterocycles. The van der Waals surface area contributed by atoms with Gasteiger partial charge >= 0.3 is 0 Å². The fourth-order valence-electron chi connectivity index (χ4n) is 4.33. The van der Waals surface area contributed by atoms with E-state index in [4.69, 9.17) is 9.47 Å². The molecule has 2 nitrogen and oxygen atoms in total. The molecule has 1 heterocycles. The zero-order chi connectivity index (χ0) is 21.3. The van der Waals surface area contributed by atoms with Gasteiger partial charge in [0.25, 0.3) is 0 Å². The Balaban J connectivity index is 1.50. The molecule has 0 bridgehead atoms. The van der Waals surface area contributed by atoms with E-state index >= 15 is 0 Å². The molecule has 0 N–H and O–H groups in total. The van der Waals surface area contributed by atoms with Gasteiger partial charge in [-0.05, 0) is 68.6 Å². The van der Waals surface area contributed by atoms with Crippen molar-refractivity contribution in [3.05, 3.63) is 47.5 Å². The van der Waals surface area contributed by atoms with E-state index in [1.165, 1.54) is 31.4 Å². The lowest BCUT2D eigenvalue weighted by Gasteiger charge is -2.29. The van der Waals surface area contributed by atoms with Crippen molar-refractivity contribution < 1.29 is 18.3 Å². The predicted molar refractivity (Wildman–Crippen MR) is 116 cm³/mol. The van der Waals surface area contributed by atoms with E-state index in [-0.39, 0.29) is 17.8 Å². The third-order valence-corrected chi connectivity index (χ3v) is 6.41. The Morgan fingerprint density at radius 3 is 2.30 bits per heavy atom. The lowest BCUT2D eigenvalue weighted by Crippen LogP contribution is -2.32. The predicted octanol–water partition coefficient (Wildman–Crippen LogP) is 6.42. The van der Waals surface area contributed by atoms with E-state index < -0.39 is 11.6 Å². The van der Waals surface area contributed by atoms with Gasteiger partial charge in [-0.3, -0.25) is 0 Å². The van der Waals surface area contributed by atoms with Crippen molar-refractivity contribution in [1.29, 1.82) is 0 Å². The smallest absolute Gasteiger partial charge is 0.157 e. The average molecular weight is 417 g/mol. The van der Waals surface area contributed by atoms with Crippen LogP contribution in [0, 0.1) is 41.2 Å². The zero-order valence-corrected chi connectivity index (χ0v) is 18.1. The van der Waals surface area contributed by atoms with Crippen LogP contribution >= 0.6 is 0 Å². The van der Waals surface area contributed by atoms with E-state index in [0.29, 0.717) is 37.5 Å². The summed E-state index contributed by atoms with van der Waals surface area (Å²) < 4.78 is 40.5. The highest BCUT2D eigenvalue weighted by atomic mass is 19.1. The molecule has 0 unspecified atom stereocenters. The van der Waals surface area contributed by atoms with Crippen molar-refractivity contribution >= 4 is 0 Å². The molecule has 1 saturated carbocycles. The fourth-order valence-corrected chi connectivity index (χ4v) is 4.33. The van der Waals surface area contributed by atoms with Crippen LogP contribution in [0.5, 0.6) is 0 Å². The molecule has 164 valence electrons. The highest BCUT2D eigenvalue weighted by Crippen LogP contribution is 2.30. The molecule has 0 atom stereocenters. The minimum atomic E-state index is -0.574. The summed E-state index contributed by atoms with van der Waals surface area (Å²) in [5, 5.41) is 0. The van der Waals surface area contributed by atoms with Crippen molar-refractivity contribution in [2.45, 2.75) is 71.0 Å². The lowest BCUT2D eigenvalue weighted by molar-refractivity contribution is -0.203. The average Bonchev–Trinajstić information content (AvgIpc) is 2.77. The Labute approximate surface area is 180 Å². The van der Waals surface area contributed by atoms with Crippen LogP contribution in [-0.2, 0) is 15.9 Å². The number of benzene rings is 1. The Morgan fingerprint density at radius 2 is 1.70 bits per heavy atom. The third-order valence-electron chi connectivity index (χ3n) is 6.41. The number of ether oxygens (including phenoxy) is 2. The van der Waals surface area contributed by atoms with Gasteiger partial charge in [-0.1, -0.05) is 31.3 Å². The second-order valence-corrected chi connectivity index (χ2v) is 8.70. The SMILES string of the molecule is C=CCC[C@H]1CO[C@H](CCc2cc(F)c(C#C[C@H]3CC[C@H](CC)CC3)c(F)c2)OC1. The Hall–Kier alpha value is -1.70. The number of halogens is 2. The maximum absolute atomic E-state index is 14.5. The zero-order valence-electron chi connectivity index (χ0n) is 18.1. The Kier molecular flexibility index (Phi) is 8.90. The first-order valence-electron chi connectivity index (χ1n) is 11.4. The fraction of sp³-hybridized carbons (Fsp3) is 0.615. The van der Waals surface area contributed by atoms with E-state index in [1.807, 2.05) is 6.08 Å². The molecule has 0 spiro atoms. The van der Waals surface area contributed by atoms with Crippen LogP contribution in [0.2, 0.25) is 0 Å². The quantitative estimate of drug-likeness (QED) is 0.377. The van der Waals surface area contributed by atoms with Gasteiger partial charge in [-0.25, -0.2) is 8.78 Å². The summed E-state index contributed by atoms with van der Waals surface area (Å²) in [6.07, 6.45) is 10.2. The molecule has 1 aliphatic carbocycles. The largest absolute Gasteiger partial charge is 0.352 e. The molecule has 0 aromatic heterocycles. The van der Waals surface area contributed by atoms with E-state index in [1.54, 1.807) is 0 Å². The van der Waals surface area contributed by atoms with Gasteiger partial charge in [0, 0.05) is 18.3 Å². The van der Waals surface area contributed by atoms with Crippen LogP contribution in [-0.4, -0.2) is 19.5 Å². The molecule has 1 aromatic carbocycles. The third kappa shape index (κ3) is 6.65. The van der Waals surface area contributed by atoms with E-state index in [9.17, 15) is 8.78 Å². The normalized spacial score (nSPS) is 26.6. The Bertz CT molecular complexity index is 725. The van der Waals surface area contributed by atoms with E-state index in [0.717, 1.165) is 31.6 Å². The molecule has 3 rings (SSSR count). The summed E-state index contributed by atoms with van der Waals surface area (Å²) in [6.45, 7) is 7.28. The first kappa shape index (κ1) is 23.0. The second-order valence-electron chi connectivity index (χ2n) is 8.70. The van der Waals surface area contributed by atoms with Crippen molar-refractivity contribution in [2.24, 2.45) is 17.8 Å². The van der Waals surface area contributed by atoms with Crippen LogP contribution in [0.15, 0.2) is 24.8 Å². The monoisotopic (exact) mass is 416 g/mol. The molecule has 0 amide bonds. The highest BCUT2D eigenvalue weighted by Gasteiger charge is 2.22. The van der Waals surface area contributed by atoms with Gasteiger partial charge < -0.3 is 9.47 Å². The van der Waals surface area contributed by atoms with Gasteiger partial charge in [0.1, 0.15) is 11.6 Å². The van der Waals surface area contributed by atoms with Crippen molar-refractivity contribution in [3.63, 3.8) is 0 Å². The molecule has 4 heteroatoms. The summed E-state index contributed by atoms with van der Waals surface area (Å²) in [5.41, 5.74) is 0.506. The molecule has 0 radical (unpaired) electrons. The summed E-state index contributed by atoms with van der Waals surface area (Å²) in [4.78, 5) is 0. The minimum absolute atomic E-state index is 0.105. The number of rotatable bonds is 7. The summed E-state index contributed by atoms with van der Waals surface area (Å²) in [5.74, 6) is 6.17. The molecule has 2 fully saturated rings. The maximum atomic E-state index is 14.5. The molecule has 2 aliphatic rings. The molecule has 30 heavy (non-hydrogen) atoms. The standard InChI is InChI=1S/C26H34F2O2/c1-3-5-6-22-17-29-26(30-18-22)14-12-21-15-24(27)23(25(28)16-21)13-11-20-9-7-19(4-2)8-10-20/h3,15-16,19-20,22,26H,1,4-10,12,14,17-18H2,2H3/t19-,20-,22-,26-. The van der Waals surface area contributed by atoms with Crippen LogP contribution in [0.4, 0.5) is 8.78 Å². The van der Waals surface area contributed by atoms with Crippen LogP contribution in [0.1, 0.15) is 69.4 Å². The first-order chi connectivity index (χ1) is 14.6. The van der Waals surface area contributed by atoms with Gasteiger partial charge in [0.05, 0.1) is 18.8 Å². The van der Waals surface area contributed by atoms with Gasteiger partial charge in [-0.2, -0.15) is 0 Å². The van der Waals surface area contributed by atoms with Crippen molar-refractivity contribution in [1.82, 2.24) is 0 Å². The number of aryl methyl sites for hydroxylation is 1. The van der Waals surface area contributed by atoms with Crippen LogP contribution in [0.25, 0.3) is 0 Å². The lowest BCUT2D eigenvalue weighted by atomic mass is 9.81. The number of hydrogen-bond acceptors (Lipinski definition) is 2. The molecule has 1 aromatic rings. The minimum Gasteiger partial charge on any atom is -0.352 e. The van der Waals surface area contributed by atoms with E-state index in [2.05, 4.69) is 25.3 Å². The van der Waals surface area contributed by atoms with Crippen molar-refractivity contribution in [2.75, 3.05) is 13.2 Å². The van der Waals surface area contributed by atoms with Gasteiger partial charge in [0.15, 0.2) is 6.29 Å². The maximum Gasteiger partial charge on any atom is 0.157 e. The molecular weight excluding hydrogens is 382 g/mol. The number of hydrogen-bond donors (Lipinski definition) is 0. The van der Waals surface area contributed by atoms with Crippen LogP contribution in [0.3, 0.4) is 0 Å². The van der Waals surface area contributed by atoms with Crippen LogP contribution < -0.4 is 0 Å². The number of allylic oxidation sites excluding steroid dienone is 1. The van der Waals surface area contributed by atoms with Crippen molar-refractivity contribution in [3.8, 4) is 11.8 Å². The topological polar surface area (TPSA) is 18.5 Å². The second kappa shape index (κ2) is 11.6. The summed E-state index contributed by atoms with van der Waals surface area (Å²) in [6, 6.07) is 2.80. The van der Waals surface area contributed by atoms with Gasteiger partial charge in [-0.15, -0.1) is 6.58 Å². The van der Waals surface area contributed by atoms with Gasteiger partial charge in [0.2, 0.25) is 0 Å². The molecular formula is C26H34F2O2. The Morgan fingerprint density at radius 1 is 1.03 bits per heavy atom. The molecule has 1 aliphatic heterocycles.